The van der Waals surface area contributed by atoms with Crippen LogP contribution in [0.4, 0.5) is 0 Å². The summed E-state index contributed by atoms with van der Waals surface area (Å²) in [5, 5.41) is 0. The lowest BCUT2D eigenvalue weighted by Gasteiger charge is -2.34. The summed E-state index contributed by atoms with van der Waals surface area (Å²) in [7, 11) is 1.67. The van der Waals surface area contributed by atoms with Crippen molar-refractivity contribution in [2.24, 2.45) is 11.7 Å². The quantitative estimate of drug-likeness (QED) is 0.866. The zero-order valence-corrected chi connectivity index (χ0v) is 12.5. The monoisotopic (exact) mass is 278 g/mol. The number of benzene rings is 1. The normalized spacial score (nSPS) is 21.4. The van der Waals surface area contributed by atoms with Gasteiger partial charge >= 0.3 is 0 Å². The first-order valence-electron chi connectivity index (χ1n) is 7.44. The number of hydrogen-bond donors (Lipinski definition) is 1. The summed E-state index contributed by atoms with van der Waals surface area (Å²) in [4.78, 5) is 2.46. The molecular weight excluding hydrogens is 252 g/mol. The Hall–Kier alpha value is -1.26. The first kappa shape index (κ1) is 15.1. The van der Waals surface area contributed by atoms with E-state index in [0.717, 1.165) is 37.7 Å². The molecule has 1 aliphatic rings. The molecule has 2 atom stereocenters. The average Bonchev–Trinajstić information content (AvgIpc) is 2.48. The maximum atomic E-state index is 6.01. The van der Waals surface area contributed by atoms with Crippen LogP contribution in [0.3, 0.4) is 0 Å². The highest BCUT2D eigenvalue weighted by atomic mass is 16.5. The third-order valence-corrected chi connectivity index (χ3v) is 4.02. The van der Waals surface area contributed by atoms with Crippen LogP contribution in [0.25, 0.3) is 0 Å². The number of nitrogens with two attached hydrogens (primary N) is 1. The Morgan fingerprint density at radius 1 is 1.30 bits per heavy atom. The minimum absolute atomic E-state index is 0.292. The first-order valence-corrected chi connectivity index (χ1v) is 7.44. The van der Waals surface area contributed by atoms with Crippen LogP contribution in [-0.4, -0.2) is 44.3 Å². The molecule has 1 heterocycles. The molecule has 112 valence electrons. The summed E-state index contributed by atoms with van der Waals surface area (Å²) in [5.74, 6) is 2.38. The number of nitrogens with zero attached hydrogens (tertiary/aromatic N) is 1. The summed E-state index contributed by atoms with van der Waals surface area (Å²) in [6, 6.07) is 8.02. The van der Waals surface area contributed by atoms with E-state index in [0.29, 0.717) is 12.0 Å². The molecule has 1 fully saturated rings. The van der Waals surface area contributed by atoms with Gasteiger partial charge in [-0.2, -0.15) is 0 Å². The van der Waals surface area contributed by atoms with E-state index in [1.54, 1.807) is 7.11 Å². The summed E-state index contributed by atoms with van der Waals surface area (Å²) < 4.78 is 10.9. The van der Waals surface area contributed by atoms with Gasteiger partial charge in [-0.25, -0.2) is 0 Å². The molecule has 0 radical (unpaired) electrons. The second kappa shape index (κ2) is 7.50. The second-order valence-corrected chi connectivity index (χ2v) is 5.59. The van der Waals surface area contributed by atoms with Crippen LogP contribution in [0.5, 0.6) is 11.5 Å². The van der Waals surface area contributed by atoms with Crippen LogP contribution in [0.2, 0.25) is 0 Å². The first-order chi connectivity index (χ1) is 9.69. The predicted molar refractivity (Wildman–Crippen MR) is 81.3 cm³/mol. The second-order valence-electron chi connectivity index (χ2n) is 5.59. The van der Waals surface area contributed by atoms with Crippen molar-refractivity contribution >= 4 is 0 Å². The number of piperidine rings is 1. The van der Waals surface area contributed by atoms with Crippen LogP contribution in [-0.2, 0) is 0 Å². The van der Waals surface area contributed by atoms with Crippen molar-refractivity contribution in [3.63, 3.8) is 0 Å². The standard InChI is InChI=1S/C16H26N2O2/c1-13(17)14-4-3-9-18(12-14)10-11-20-16-7-5-15(19-2)6-8-16/h5-8,13-14H,3-4,9-12,17H2,1-2H3. The van der Waals surface area contributed by atoms with Crippen molar-refractivity contribution in [3.8, 4) is 11.5 Å². The van der Waals surface area contributed by atoms with Gasteiger partial charge in [-0.1, -0.05) is 0 Å². The fourth-order valence-corrected chi connectivity index (χ4v) is 2.69. The van der Waals surface area contributed by atoms with Gasteiger partial charge in [0.05, 0.1) is 7.11 Å². The van der Waals surface area contributed by atoms with Gasteiger partial charge in [-0.05, 0) is 56.5 Å². The third-order valence-electron chi connectivity index (χ3n) is 4.02. The van der Waals surface area contributed by atoms with Gasteiger partial charge in [0.2, 0.25) is 0 Å². The smallest absolute Gasteiger partial charge is 0.119 e. The Labute approximate surface area is 121 Å². The van der Waals surface area contributed by atoms with E-state index in [4.69, 9.17) is 15.2 Å². The lowest BCUT2D eigenvalue weighted by molar-refractivity contribution is 0.137. The fourth-order valence-electron chi connectivity index (χ4n) is 2.69. The van der Waals surface area contributed by atoms with E-state index >= 15 is 0 Å². The van der Waals surface area contributed by atoms with E-state index in [-0.39, 0.29) is 0 Å². The zero-order valence-electron chi connectivity index (χ0n) is 12.5. The minimum Gasteiger partial charge on any atom is -0.497 e. The van der Waals surface area contributed by atoms with Crippen molar-refractivity contribution in [3.05, 3.63) is 24.3 Å². The highest BCUT2D eigenvalue weighted by molar-refractivity contribution is 5.31. The van der Waals surface area contributed by atoms with Crippen LogP contribution in [0.15, 0.2) is 24.3 Å². The van der Waals surface area contributed by atoms with Crippen LogP contribution in [0.1, 0.15) is 19.8 Å². The number of methoxy groups -OCH3 is 1. The maximum Gasteiger partial charge on any atom is 0.119 e. The number of hydrogen-bond acceptors (Lipinski definition) is 4. The Balaban J connectivity index is 1.72. The highest BCUT2D eigenvalue weighted by Gasteiger charge is 2.22. The largest absolute Gasteiger partial charge is 0.497 e. The van der Waals surface area contributed by atoms with Crippen molar-refractivity contribution in [1.82, 2.24) is 4.90 Å². The molecule has 2 rings (SSSR count). The number of ether oxygens (including phenoxy) is 2. The molecule has 20 heavy (non-hydrogen) atoms. The van der Waals surface area contributed by atoms with Crippen molar-refractivity contribution in [1.29, 1.82) is 0 Å². The summed E-state index contributed by atoms with van der Waals surface area (Å²) in [6.45, 7) is 6.06. The molecule has 4 heteroatoms. The van der Waals surface area contributed by atoms with Gasteiger partial charge in [0.1, 0.15) is 18.1 Å². The Morgan fingerprint density at radius 2 is 2.00 bits per heavy atom. The fraction of sp³-hybridized carbons (Fsp3) is 0.625. The molecule has 1 aromatic carbocycles. The van der Waals surface area contributed by atoms with Gasteiger partial charge in [-0.15, -0.1) is 0 Å². The maximum absolute atomic E-state index is 6.01. The Morgan fingerprint density at radius 3 is 2.65 bits per heavy atom. The summed E-state index contributed by atoms with van der Waals surface area (Å²) >= 11 is 0. The lowest BCUT2D eigenvalue weighted by atomic mass is 9.92. The molecule has 2 N–H and O–H groups in total. The van der Waals surface area contributed by atoms with Crippen molar-refractivity contribution in [2.45, 2.75) is 25.8 Å². The topological polar surface area (TPSA) is 47.7 Å². The van der Waals surface area contributed by atoms with Gasteiger partial charge in [0, 0.05) is 19.1 Å². The molecular formula is C16H26N2O2. The van der Waals surface area contributed by atoms with Crippen LogP contribution < -0.4 is 15.2 Å². The molecule has 0 spiro atoms. The highest BCUT2D eigenvalue weighted by Crippen LogP contribution is 2.19. The van der Waals surface area contributed by atoms with Crippen molar-refractivity contribution < 1.29 is 9.47 Å². The van der Waals surface area contributed by atoms with Gasteiger partial charge < -0.3 is 15.2 Å². The van der Waals surface area contributed by atoms with Crippen molar-refractivity contribution in [2.75, 3.05) is 33.4 Å². The molecule has 1 aromatic rings. The molecule has 0 aromatic heterocycles. The van der Waals surface area contributed by atoms with E-state index < -0.39 is 0 Å². The number of rotatable bonds is 6. The molecule has 1 saturated heterocycles. The van der Waals surface area contributed by atoms with Gasteiger partial charge in [0.15, 0.2) is 0 Å². The average molecular weight is 278 g/mol. The van der Waals surface area contributed by atoms with E-state index in [1.165, 1.54) is 12.8 Å². The molecule has 0 bridgehead atoms. The molecule has 0 saturated carbocycles. The molecule has 0 amide bonds. The van der Waals surface area contributed by atoms with Crippen LogP contribution in [0, 0.1) is 5.92 Å². The molecule has 4 nitrogen and oxygen atoms in total. The minimum atomic E-state index is 0.292. The summed E-state index contributed by atoms with van der Waals surface area (Å²) in [5.41, 5.74) is 6.01. The van der Waals surface area contributed by atoms with E-state index in [1.807, 2.05) is 24.3 Å². The SMILES string of the molecule is COc1ccc(OCCN2CCCC(C(C)N)C2)cc1. The third kappa shape index (κ3) is 4.39. The molecule has 2 unspecified atom stereocenters. The zero-order chi connectivity index (χ0) is 14.4. The Bertz CT molecular complexity index is 392. The van der Waals surface area contributed by atoms with Gasteiger partial charge in [0.25, 0.3) is 0 Å². The van der Waals surface area contributed by atoms with Crippen LogP contribution >= 0.6 is 0 Å². The number of likely N-dealkylation sites (tertiary alicyclic amines) is 1. The van der Waals surface area contributed by atoms with Gasteiger partial charge in [-0.3, -0.25) is 4.90 Å². The molecule has 1 aliphatic heterocycles. The van der Waals surface area contributed by atoms with E-state index in [9.17, 15) is 0 Å². The van der Waals surface area contributed by atoms with E-state index in [2.05, 4.69) is 11.8 Å². The predicted octanol–water partition coefficient (Wildman–Crippen LogP) is 2.13. The lowest BCUT2D eigenvalue weighted by Crippen LogP contribution is -2.43. The summed E-state index contributed by atoms with van der Waals surface area (Å²) in [6.07, 6.45) is 2.50. The molecule has 0 aliphatic carbocycles. The Kier molecular flexibility index (Phi) is 5.68.